The summed E-state index contributed by atoms with van der Waals surface area (Å²) in [5, 5.41) is 11.4. The number of hydrogen-bond donors (Lipinski definition) is 3. The maximum absolute atomic E-state index is 13.3. The molecule has 1 amide bonds. The number of nitrogens with zero attached hydrogens (tertiary/aromatic N) is 1. The summed E-state index contributed by atoms with van der Waals surface area (Å²) in [7, 11) is 0. The lowest BCUT2D eigenvalue weighted by Gasteiger charge is -2.25. The molecule has 2 aromatic carbocycles. The Morgan fingerprint density at radius 1 is 1.03 bits per heavy atom. The van der Waals surface area contributed by atoms with E-state index in [-0.39, 0.29) is 30.2 Å². The van der Waals surface area contributed by atoms with Crippen LogP contribution in [-0.4, -0.2) is 35.4 Å². The van der Waals surface area contributed by atoms with Gasteiger partial charge in [-0.1, -0.05) is 48.5 Å². The second-order valence-corrected chi connectivity index (χ2v) is 8.10. The minimum Gasteiger partial charge on any atom is -0.375 e. The molecule has 2 aliphatic rings. The second-order valence-electron chi connectivity index (χ2n) is 8.10. The normalized spacial score (nSPS) is 28.6. The fourth-order valence-corrected chi connectivity index (χ4v) is 4.59. The van der Waals surface area contributed by atoms with Crippen molar-refractivity contribution in [2.75, 3.05) is 11.4 Å². The minimum atomic E-state index is -1.81. The summed E-state index contributed by atoms with van der Waals surface area (Å²) in [5.41, 5.74) is 6.65. The number of rotatable bonds is 6. The van der Waals surface area contributed by atoms with Gasteiger partial charge in [0, 0.05) is 30.6 Å². The summed E-state index contributed by atoms with van der Waals surface area (Å²) in [4.78, 5) is 28.0. The van der Waals surface area contributed by atoms with Crippen LogP contribution in [0.15, 0.2) is 54.6 Å². The summed E-state index contributed by atoms with van der Waals surface area (Å²) >= 11 is 0. The topological polar surface area (TPSA) is 81.7 Å². The molecular weight excluding hydrogens is 366 g/mol. The van der Waals surface area contributed by atoms with Crippen molar-refractivity contribution in [2.24, 2.45) is 5.92 Å². The average Bonchev–Trinajstić information content (AvgIpc) is 3.16. The number of carbonyl (C=O) groups excluding carboxylic acids is 2. The number of fused-ring (bicyclic) bond motifs is 1. The number of para-hydroxylation sites is 1. The van der Waals surface area contributed by atoms with Gasteiger partial charge in [0.1, 0.15) is 5.78 Å². The molecule has 2 aliphatic heterocycles. The van der Waals surface area contributed by atoms with Gasteiger partial charge in [-0.3, -0.25) is 20.4 Å². The number of aliphatic hydroxyl groups is 1. The number of hydrazine groups is 1. The van der Waals surface area contributed by atoms with Gasteiger partial charge in [-0.15, -0.1) is 0 Å². The molecule has 3 unspecified atom stereocenters. The number of amides is 1. The first-order valence-electron chi connectivity index (χ1n) is 10.1. The predicted molar refractivity (Wildman–Crippen MR) is 111 cm³/mol. The summed E-state index contributed by atoms with van der Waals surface area (Å²) in [5.74, 6) is -0.822. The third kappa shape index (κ3) is 3.48. The van der Waals surface area contributed by atoms with E-state index in [1.165, 1.54) is 0 Å². The average molecular weight is 393 g/mol. The van der Waals surface area contributed by atoms with Crippen molar-refractivity contribution in [2.45, 2.75) is 44.4 Å². The lowest BCUT2D eigenvalue weighted by atomic mass is 9.82. The van der Waals surface area contributed by atoms with Crippen LogP contribution in [0.5, 0.6) is 0 Å². The second kappa shape index (κ2) is 7.71. The first-order chi connectivity index (χ1) is 13.9. The van der Waals surface area contributed by atoms with E-state index in [4.69, 9.17) is 0 Å². The number of carbonyl (C=O) groups is 2. The van der Waals surface area contributed by atoms with Crippen LogP contribution in [0.1, 0.15) is 31.4 Å². The first-order valence-corrected chi connectivity index (χ1v) is 10.1. The van der Waals surface area contributed by atoms with Crippen LogP contribution in [0.4, 0.5) is 5.69 Å². The van der Waals surface area contributed by atoms with E-state index < -0.39 is 11.5 Å². The van der Waals surface area contributed by atoms with Gasteiger partial charge in [0.2, 0.25) is 0 Å². The van der Waals surface area contributed by atoms with Gasteiger partial charge < -0.3 is 10.0 Å². The Morgan fingerprint density at radius 3 is 2.34 bits per heavy atom. The molecule has 0 saturated carbocycles. The third-order valence-corrected chi connectivity index (χ3v) is 6.12. The van der Waals surface area contributed by atoms with Crippen LogP contribution in [0.25, 0.3) is 0 Å². The van der Waals surface area contributed by atoms with Gasteiger partial charge >= 0.3 is 0 Å². The number of benzene rings is 2. The summed E-state index contributed by atoms with van der Waals surface area (Å²) in [6.45, 7) is 4.31. The standard InChI is InChI=1S/C23H27N3O3/c1-15-21(16(2)25-24-15)20(27)14-23(29)18-10-6-7-11-19(18)26(22(23)28)13-12-17-8-4-3-5-9-17/h3-11,15-16,21,24-25,29H,12-14H2,1-2H3. The van der Waals surface area contributed by atoms with Crippen molar-refractivity contribution < 1.29 is 14.7 Å². The zero-order chi connectivity index (χ0) is 20.6. The van der Waals surface area contributed by atoms with Crippen molar-refractivity contribution in [1.82, 2.24) is 10.9 Å². The van der Waals surface area contributed by atoms with Gasteiger partial charge in [-0.2, -0.15) is 0 Å². The molecule has 0 spiro atoms. The van der Waals surface area contributed by atoms with Gasteiger partial charge in [0.25, 0.3) is 5.91 Å². The van der Waals surface area contributed by atoms with E-state index in [1.54, 1.807) is 17.0 Å². The molecule has 1 fully saturated rings. The molecular formula is C23H27N3O3. The molecule has 3 atom stereocenters. The molecule has 1 saturated heterocycles. The largest absolute Gasteiger partial charge is 0.375 e. The van der Waals surface area contributed by atoms with E-state index in [2.05, 4.69) is 10.9 Å². The highest BCUT2D eigenvalue weighted by molar-refractivity contribution is 6.09. The van der Waals surface area contributed by atoms with Crippen LogP contribution >= 0.6 is 0 Å². The van der Waals surface area contributed by atoms with E-state index in [0.29, 0.717) is 24.2 Å². The molecule has 3 N–H and O–H groups in total. The highest BCUT2D eigenvalue weighted by atomic mass is 16.3. The number of Topliss-reactive ketones (excluding diaryl/α,β-unsaturated/α-hetero) is 1. The molecule has 0 radical (unpaired) electrons. The highest BCUT2D eigenvalue weighted by Crippen LogP contribution is 2.43. The van der Waals surface area contributed by atoms with E-state index >= 15 is 0 Å². The minimum absolute atomic E-state index is 0.0537. The van der Waals surface area contributed by atoms with E-state index in [1.807, 2.05) is 56.3 Å². The molecule has 0 aliphatic carbocycles. The van der Waals surface area contributed by atoms with E-state index in [0.717, 1.165) is 5.56 Å². The van der Waals surface area contributed by atoms with Crippen molar-refractivity contribution in [3.8, 4) is 0 Å². The smallest absolute Gasteiger partial charge is 0.264 e. The Bertz CT molecular complexity index is 907. The van der Waals surface area contributed by atoms with Crippen molar-refractivity contribution in [3.63, 3.8) is 0 Å². The van der Waals surface area contributed by atoms with Crippen LogP contribution in [0, 0.1) is 5.92 Å². The Labute approximate surface area is 170 Å². The Hall–Kier alpha value is -2.54. The van der Waals surface area contributed by atoms with Gasteiger partial charge in [0.05, 0.1) is 11.6 Å². The van der Waals surface area contributed by atoms with Crippen molar-refractivity contribution in [1.29, 1.82) is 0 Å². The molecule has 4 rings (SSSR count). The molecule has 6 nitrogen and oxygen atoms in total. The van der Waals surface area contributed by atoms with Gasteiger partial charge in [0.15, 0.2) is 5.60 Å². The fraction of sp³-hybridized carbons (Fsp3) is 0.391. The maximum Gasteiger partial charge on any atom is 0.264 e. The number of ketones is 1. The van der Waals surface area contributed by atoms with Crippen molar-refractivity contribution in [3.05, 3.63) is 65.7 Å². The molecule has 2 heterocycles. The zero-order valence-corrected chi connectivity index (χ0v) is 16.8. The van der Waals surface area contributed by atoms with Gasteiger partial charge in [-0.05, 0) is 31.9 Å². The quantitative estimate of drug-likeness (QED) is 0.699. The highest BCUT2D eigenvalue weighted by Gasteiger charge is 2.52. The summed E-state index contributed by atoms with van der Waals surface area (Å²) in [6, 6.07) is 17.1. The Kier molecular flexibility index (Phi) is 5.25. The van der Waals surface area contributed by atoms with Crippen LogP contribution in [-0.2, 0) is 21.6 Å². The van der Waals surface area contributed by atoms with Crippen LogP contribution < -0.4 is 15.8 Å². The molecule has 0 aromatic heterocycles. The van der Waals surface area contributed by atoms with Gasteiger partial charge in [-0.25, -0.2) is 0 Å². The lowest BCUT2D eigenvalue weighted by Crippen LogP contribution is -2.45. The van der Waals surface area contributed by atoms with E-state index in [9.17, 15) is 14.7 Å². The Balaban J connectivity index is 1.58. The Morgan fingerprint density at radius 2 is 1.66 bits per heavy atom. The SMILES string of the molecule is CC1NNC(C)C1C(=O)CC1(O)C(=O)N(CCc2ccccc2)c2ccccc21. The number of nitrogens with one attached hydrogen (secondary N) is 2. The lowest BCUT2D eigenvalue weighted by molar-refractivity contribution is -0.143. The molecule has 29 heavy (non-hydrogen) atoms. The monoisotopic (exact) mass is 393 g/mol. The van der Waals surface area contributed by atoms with Crippen molar-refractivity contribution >= 4 is 17.4 Å². The summed E-state index contributed by atoms with van der Waals surface area (Å²) in [6.07, 6.45) is 0.461. The molecule has 2 aromatic rings. The maximum atomic E-state index is 13.3. The van der Waals surface area contributed by atoms with Crippen LogP contribution in [0.2, 0.25) is 0 Å². The van der Waals surface area contributed by atoms with Crippen LogP contribution in [0.3, 0.4) is 0 Å². The molecule has 152 valence electrons. The first kappa shape index (κ1) is 19.8. The number of anilines is 1. The predicted octanol–water partition coefficient (Wildman–Crippen LogP) is 1.92. The fourth-order valence-electron chi connectivity index (χ4n) is 4.59. The number of hydrogen-bond acceptors (Lipinski definition) is 5. The third-order valence-electron chi connectivity index (χ3n) is 6.12. The molecule has 6 heteroatoms. The summed E-state index contributed by atoms with van der Waals surface area (Å²) < 4.78 is 0. The zero-order valence-electron chi connectivity index (χ0n) is 16.8. The molecule has 0 bridgehead atoms.